The van der Waals surface area contributed by atoms with Crippen LogP contribution >= 0.6 is 11.6 Å². The maximum Gasteiger partial charge on any atom is 0.417 e. The molecular formula is C22H25ClF3N7O2S. The highest BCUT2D eigenvalue weighted by atomic mass is 35.5. The van der Waals surface area contributed by atoms with Gasteiger partial charge in [0.05, 0.1) is 21.0 Å². The number of benzene rings is 2. The van der Waals surface area contributed by atoms with Crippen LogP contribution in [0.3, 0.4) is 0 Å². The molecule has 194 valence electrons. The lowest BCUT2D eigenvalue weighted by Crippen LogP contribution is -2.69. The van der Waals surface area contributed by atoms with E-state index in [4.69, 9.17) is 17.3 Å². The summed E-state index contributed by atoms with van der Waals surface area (Å²) < 4.78 is 70.4. The Kier molecular flexibility index (Phi) is 6.71. The Morgan fingerprint density at radius 3 is 2.36 bits per heavy atom. The lowest BCUT2D eigenvalue weighted by molar-refractivity contribution is -0.137. The number of nitrogens with zero attached hydrogens (tertiary/aromatic N) is 3. The van der Waals surface area contributed by atoms with Crippen molar-refractivity contribution in [1.29, 1.82) is 0 Å². The first-order valence-electron chi connectivity index (χ1n) is 10.9. The molecule has 0 saturated carbocycles. The first kappa shape index (κ1) is 26.2. The second kappa shape index (κ2) is 9.21. The number of aromatic amines is 1. The van der Waals surface area contributed by atoms with Crippen molar-refractivity contribution in [2.75, 3.05) is 24.1 Å². The maximum atomic E-state index is 14.0. The van der Waals surface area contributed by atoms with E-state index in [9.17, 15) is 21.6 Å². The standard InChI is InChI=1S/C22H25ClF3N7O2S/c1-12(2)33-10-21(3,11-33)32-36(34,35)15-6-4-13(5-7-15)18-16(22(24,25)26)8-14(9-17(18)23)28-20-29-19(27)30-31-20/h4-9,12,32H,10-11H2,1-3H3,(H4,27,28,29,30,31). The molecule has 0 radical (unpaired) electrons. The second-order valence-electron chi connectivity index (χ2n) is 9.24. The lowest BCUT2D eigenvalue weighted by atomic mass is 9.92. The van der Waals surface area contributed by atoms with Crippen molar-refractivity contribution in [3.8, 4) is 11.1 Å². The van der Waals surface area contributed by atoms with Crippen molar-refractivity contribution in [3.05, 3.63) is 47.0 Å². The first-order valence-corrected chi connectivity index (χ1v) is 12.8. The van der Waals surface area contributed by atoms with Gasteiger partial charge in [0, 0.05) is 30.4 Å². The predicted molar refractivity (Wildman–Crippen MR) is 131 cm³/mol. The number of hydrogen-bond donors (Lipinski definition) is 4. The fourth-order valence-corrected chi connectivity index (χ4v) is 5.84. The van der Waals surface area contributed by atoms with Crippen LogP contribution in [0.5, 0.6) is 0 Å². The number of likely N-dealkylation sites (tertiary alicyclic amines) is 1. The molecule has 1 saturated heterocycles. The highest BCUT2D eigenvalue weighted by Gasteiger charge is 2.43. The van der Waals surface area contributed by atoms with Crippen LogP contribution in [0.4, 0.5) is 30.8 Å². The van der Waals surface area contributed by atoms with E-state index in [-0.39, 0.29) is 38.6 Å². The Morgan fingerprint density at radius 2 is 1.83 bits per heavy atom. The third kappa shape index (κ3) is 5.43. The second-order valence-corrected chi connectivity index (χ2v) is 11.3. The number of H-pyrrole nitrogens is 1. The number of rotatable bonds is 7. The fraction of sp³-hybridized carbons (Fsp3) is 0.364. The Bertz CT molecular complexity index is 1370. The molecular weight excluding hydrogens is 519 g/mol. The van der Waals surface area contributed by atoms with E-state index in [2.05, 4.69) is 30.1 Å². The van der Waals surface area contributed by atoms with E-state index in [0.717, 1.165) is 6.07 Å². The monoisotopic (exact) mass is 543 g/mol. The van der Waals surface area contributed by atoms with Crippen molar-refractivity contribution in [2.24, 2.45) is 0 Å². The van der Waals surface area contributed by atoms with Gasteiger partial charge < -0.3 is 11.1 Å². The summed E-state index contributed by atoms with van der Waals surface area (Å²) in [5, 5.41) is 8.53. The molecule has 1 aromatic heterocycles. The number of anilines is 3. The summed E-state index contributed by atoms with van der Waals surface area (Å²) in [6, 6.07) is 7.60. The van der Waals surface area contributed by atoms with E-state index < -0.39 is 27.3 Å². The molecule has 36 heavy (non-hydrogen) atoms. The topological polar surface area (TPSA) is 129 Å². The van der Waals surface area contributed by atoms with Gasteiger partial charge in [-0.2, -0.15) is 18.2 Å². The Balaban J connectivity index is 1.62. The number of hydrogen-bond acceptors (Lipinski definition) is 7. The summed E-state index contributed by atoms with van der Waals surface area (Å²) in [5.41, 5.74) is 3.65. The third-order valence-corrected chi connectivity index (χ3v) is 7.78. The normalized spacial score (nSPS) is 16.2. The Hall–Kier alpha value is -2.87. The van der Waals surface area contributed by atoms with Gasteiger partial charge in [0.1, 0.15) is 0 Å². The van der Waals surface area contributed by atoms with Crippen molar-refractivity contribution >= 4 is 39.2 Å². The molecule has 1 fully saturated rings. The summed E-state index contributed by atoms with van der Waals surface area (Å²) in [6.45, 7) is 7.00. The zero-order valence-corrected chi connectivity index (χ0v) is 21.2. The van der Waals surface area contributed by atoms with Crippen LogP contribution in [0, 0.1) is 0 Å². The minimum atomic E-state index is -4.75. The van der Waals surface area contributed by atoms with Gasteiger partial charge in [0.2, 0.25) is 21.9 Å². The first-order chi connectivity index (χ1) is 16.7. The molecule has 9 nitrogen and oxygen atoms in total. The van der Waals surface area contributed by atoms with Gasteiger partial charge >= 0.3 is 6.18 Å². The van der Waals surface area contributed by atoms with Gasteiger partial charge in [-0.3, -0.25) is 4.90 Å². The molecule has 0 atom stereocenters. The molecule has 0 amide bonds. The maximum absolute atomic E-state index is 14.0. The van der Waals surface area contributed by atoms with Gasteiger partial charge in [-0.15, -0.1) is 5.10 Å². The molecule has 1 aliphatic rings. The minimum Gasteiger partial charge on any atom is -0.368 e. The summed E-state index contributed by atoms with van der Waals surface area (Å²) in [4.78, 5) is 5.87. The van der Waals surface area contributed by atoms with Crippen LogP contribution in [-0.2, 0) is 16.2 Å². The molecule has 5 N–H and O–H groups in total. The smallest absolute Gasteiger partial charge is 0.368 e. The number of nitrogen functional groups attached to an aromatic ring is 1. The van der Waals surface area contributed by atoms with Gasteiger partial charge in [-0.25, -0.2) is 18.2 Å². The van der Waals surface area contributed by atoms with Crippen LogP contribution in [0.25, 0.3) is 11.1 Å². The van der Waals surface area contributed by atoms with Crippen molar-refractivity contribution < 1.29 is 21.6 Å². The summed E-state index contributed by atoms with van der Waals surface area (Å²) >= 11 is 6.28. The van der Waals surface area contributed by atoms with Crippen molar-refractivity contribution in [2.45, 2.75) is 43.4 Å². The molecule has 0 unspecified atom stereocenters. The highest BCUT2D eigenvalue weighted by Crippen LogP contribution is 2.43. The molecule has 4 rings (SSSR count). The molecule has 0 bridgehead atoms. The van der Waals surface area contributed by atoms with Crippen LogP contribution in [0.1, 0.15) is 26.3 Å². The number of aromatic nitrogens is 3. The lowest BCUT2D eigenvalue weighted by Gasteiger charge is -2.50. The van der Waals surface area contributed by atoms with Gasteiger partial charge in [0.25, 0.3) is 0 Å². The number of alkyl halides is 3. The van der Waals surface area contributed by atoms with E-state index >= 15 is 0 Å². The van der Waals surface area contributed by atoms with E-state index in [1.165, 1.54) is 30.3 Å². The number of sulfonamides is 1. The number of nitrogens with two attached hydrogens (primary N) is 1. The average molecular weight is 544 g/mol. The van der Waals surface area contributed by atoms with Crippen molar-refractivity contribution in [3.63, 3.8) is 0 Å². The van der Waals surface area contributed by atoms with Crippen LogP contribution in [0.2, 0.25) is 5.02 Å². The summed E-state index contributed by atoms with van der Waals surface area (Å²) in [7, 11) is -3.88. The molecule has 1 aliphatic heterocycles. The quantitative estimate of drug-likeness (QED) is 0.351. The number of nitrogens with one attached hydrogen (secondary N) is 3. The Morgan fingerprint density at radius 1 is 1.19 bits per heavy atom. The van der Waals surface area contributed by atoms with E-state index in [1.54, 1.807) is 0 Å². The highest BCUT2D eigenvalue weighted by molar-refractivity contribution is 7.89. The Labute approximate surface area is 211 Å². The SMILES string of the molecule is CC(C)N1CC(C)(NS(=O)(=O)c2ccc(-c3c(Cl)cc(Nc4n[nH]c(N)n4)cc3C(F)(F)F)cc2)C1. The zero-order chi connectivity index (χ0) is 26.5. The molecule has 14 heteroatoms. The molecule has 2 aromatic carbocycles. The zero-order valence-electron chi connectivity index (χ0n) is 19.6. The predicted octanol–water partition coefficient (Wildman–Crippen LogP) is 4.23. The third-order valence-electron chi connectivity index (χ3n) is 5.82. The summed E-state index contributed by atoms with van der Waals surface area (Å²) in [6.07, 6.45) is -4.75. The van der Waals surface area contributed by atoms with Crippen LogP contribution < -0.4 is 15.8 Å². The average Bonchev–Trinajstić information content (AvgIpc) is 3.15. The van der Waals surface area contributed by atoms with Crippen molar-refractivity contribution in [1.82, 2.24) is 24.8 Å². The fourth-order valence-electron chi connectivity index (χ4n) is 4.12. The van der Waals surface area contributed by atoms with Gasteiger partial charge in [-0.05, 0) is 50.6 Å². The van der Waals surface area contributed by atoms with E-state index in [0.29, 0.717) is 19.1 Å². The minimum absolute atomic E-state index is 0.00246. The van der Waals surface area contributed by atoms with Gasteiger partial charge in [-0.1, -0.05) is 23.7 Å². The largest absolute Gasteiger partial charge is 0.417 e. The molecule has 0 spiro atoms. The molecule has 0 aliphatic carbocycles. The van der Waals surface area contributed by atoms with Crippen LogP contribution in [0.15, 0.2) is 41.3 Å². The van der Waals surface area contributed by atoms with E-state index in [1.807, 2.05) is 20.8 Å². The summed E-state index contributed by atoms with van der Waals surface area (Å²) in [5.74, 6) is -0.0347. The number of halogens is 4. The van der Waals surface area contributed by atoms with Gasteiger partial charge in [0.15, 0.2) is 0 Å². The van der Waals surface area contributed by atoms with Crippen LogP contribution in [-0.4, -0.2) is 53.2 Å². The molecule has 2 heterocycles. The molecule has 3 aromatic rings.